The fourth-order valence-electron chi connectivity index (χ4n) is 6.63. The Bertz CT molecular complexity index is 1630. The van der Waals surface area contributed by atoms with E-state index in [1.165, 1.54) is 6.07 Å². The Hall–Kier alpha value is -4.81. The predicted molar refractivity (Wildman–Crippen MR) is 220 cm³/mol. The van der Waals surface area contributed by atoms with E-state index in [4.69, 9.17) is 0 Å². The summed E-state index contributed by atoms with van der Waals surface area (Å²) in [4.78, 5) is 68.1. The van der Waals surface area contributed by atoms with Gasteiger partial charge in [-0.3, -0.25) is 24.0 Å². The van der Waals surface area contributed by atoms with Gasteiger partial charge in [0.15, 0.2) is 0 Å². The van der Waals surface area contributed by atoms with Crippen LogP contribution in [0.25, 0.3) is 11.1 Å². The topological polar surface area (TPSA) is 246 Å². The highest BCUT2D eigenvalue weighted by Crippen LogP contribution is 2.31. The lowest BCUT2D eigenvalue weighted by molar-refractivity contribution is -0.134. The van der Waals surface area contributed by atoms with Crippen LogP contribution in [0.15, 0.2) is 36.4 Å². The molecular formula is C40H64N10O7. The van der Waals surface area contributed by atoms with Crippen LogP contribution in [0.4, 0.5) is 0 Å². The van der Waals surface area contributed by atoms with Crippen LogP contribution >= 0.6 is 0 Å². The van der Waals surface area contributed by atoms with E-state index in [-0.39, 0.29) is 43.2 Å². The number of fused-ring (bicyclic) bond motifs is 5. The van der Waals surface area contributed by atoms with Crippen molar-refractivity contribution >= 4 is 29.5 Å². The van der Waals surface area contributed by atoms with Crippen molar-refractivity contribution in [1.29, 1.82) is 0 Å². The normalized spacial score (nSPS) is 18.2. The first-order valence-electron chi connectivity index (χ1n) is 19.8. The van der Waals surface area contributed by atoms with Gasteiger partial charge in [0, 0.05) is 32.5 Å². The summed E-state index contributed by atoms with van der Waals surface area (Å²) in [7, 11) is 8.70. The molecule has 0 saturated carbocycles. The van der Waals surface area contributed by atoms with E-state index in [1.54, 1.807) is 65.6 Å². The third-order valence-electron chi connectivity index (χ3n) is 10.1. The number of phenols is 2. The monoisotopic (exact) mass is 796 g/mol. The Morgan fingerprint density at radius 3 is 1.86 bits per heavy atom. The summed E-state index contributed by atoms with van der Waals surface area (Å²) >= 11 is 0. The van der Waals surface area contributed by atoms with Gasteiger partial charge in [-0.1, -0.05) is 12.1 Å². The highest BCUT2D eigenvalue weighted by molar-refractivity contribution is 5.95. The van der Waals surface area contributed by atoms with Crippen molar-refractivity contribution in [2.75, 3.05) is 68.0 Å². The highest BCUT2D eigenvalue weighted by atomic mass is 16.3. The van der Waals surface area contributed by atoms with Crippen molar-refractivity contribution in [1.82, 2.24) is 53.2 Å². The smallest absolute Gasteiger partial charge is 0.243 e. The van der Waals surface area contributed by atoms with Crippen molar-refractivity contribution in [3.8, 4) is 22.6 Å². The molecule has 57 heavy (non-hydrogen) atoms. The molecule has 1 aliphatic rings. The van der Waals surface area contributed by atoms with Gasteiger partial charge in [-0.05, 0) is 133 Å². The first-order valence-corrected chi connectivity index (χ1v) is 19.8. The largest absolute Gasteiger partial charge is 0.508 e. The lowest BCUT2D eigenvalue weighted by atomic mass is 9.95. The highest BCUT2D eigenvalue weighted by Gasteiger charge is 2.32. The molecular weight excluding hydrogens is 733 g/mol. The lowest BCUT2D eigenvalue weighted by Crippen LogP contribution is -2.58. The third kappa shape index (κ3) is 14.9. The van der Waals surface area contributed by atoms with E-state index in [9.17, 15) is 34.2 Å². The number of amides is 5. The predicted octanol–water partition coefficient (Wildman–Crippen LogP) is -1.27. The fourth-order valence-corrected chi connectivity index (χ4v) is 6.63. The van der Waals surface area contributed by atoms with E-state index < -0.39 is 53.8 Å². The first-order chi connectivity index (χ1) is 27.4. The number of carbonyl (C=O) groups excluding carboxylic acids is 5. The minimum Gasteiger partial charge on any atom is -0.508 e. The molecule has 0 unspecified atom stereocenters. The number of rotatable bonds is 21. The van der Waals surface area contributed by atoms with Crippen molar-refractivity contribution in [2.45, 2.75) is 81.6 Å². The molecule has 17 heteroatoms. The van der Waals surface area contributed by atoms with E-state index in [0.717, 1.165) is 0 Å². The fraction of sp³-hybridized carbons (Fsp3) is 0.575. The molecule has 0 saturated heterocycles. The van der Waals surface area contributed by atoms with Gasteiger partial charge in [0.1, 0.15) is 29.6 Å². The Balaban J connectivity index is 1.92. The second kappa shape index (κ2) is 24.7. The number of hydrogen-bond acceptors (Lipinski definition) is 12. The number of hydrogen-bond donors (Lipinski definition) is 12. The maximum absolute atomic E-state index is 14.2. The summed E-state index contributed by atoms with van der Waals surface area (Å²) in [6, 6.07) is 5.51. The Morgan fingerprint density at radius 1 is 0.684 bits per heavy atom. The minimum atomic E-state index is -1.25. The van der Waals surface area contributed by atoms with Crippen molar-refractivity contribution in [3.63, 3.8) is 0 Å². The van der Waals surface area contributed by atoms with Crippen LogP contribution in [0.2, 0.25) is 0 Å². The average molecular weight is 797 g/mol. The van der Waals surface area contributed by atoms with Crippen LogP contribution < -0.4 is 53.2 Å². The van der Waals surface area contributed by atoms with E-state index in [1.807, 2.05) is 0 Å². The van der Waals surface area contributed by atoms with Crippen molar-refractivity contribution in [2.24, 2.45) is 0 Å². The maximum atomic E-state index is 14.2. The number of phenolic OH excluding ortho intramolecular Hbond substituents is 2. The molecule has 0 fully saturated rings. The zero-order valence-electron chi connectivity index (χ0n) is 34.0. The summed E-state index contributed by atoms with van der Waals surface area (Å²) in [5, 5.41) is 51.1. The van der Waals surface area contributed by atoms with Gasteiger partial charge in [0.25, 0.3) is 0 Å². The van der Waals surface area contributed by atoms with Gasteiger partial charge in [-0.25, -0.2) is 0 Å². The molecule has 0 radical (unpaired) electrons. The zero-order valence-corrected chi connectivity index (χ0v) is 34.0. The van der Waals surface area contributed by atoms with Crippen molar-refractivity contribution < 1.29 is 34.2 Å². The maximum Gasteiger partial charge on any atom is 0.243 e. The molecule has 2 aromatic rings. The standard InChI is InChI=1S/C40H64N10O7/c1-41-16-6-10-30(37(54)46-18-8-9-29(44-4)36(53)47-20-19-43-3)48-40(57)33-24-28-22-26(13-15-35(28)52)25-12-14-34(51)27(21-25)23-32(45-5)39(56)49-31(38(55)50-33)11-7-17-42-2/h12-15,21-22,29-33,41-45,51-52H,6-11,16-20,23-24H2,1-5H3,(H,46,54)(H,47,53)(H,48,57)(H,49,56)(H,50,55)/t29-,30-,31-,32-,33-/m0/s1. The van der Waals surface area contributed by atoms with Crippen molar-refractivity contribution in [3.05, 3.63) is 47.5 Å². The lowest BCUT2D eigenvalue weighted by Gasteiger charge is -2.27. The summed E-state index contributed by atoms with van der Waals surface area (Å²) in [6.07, 6.45) is 2.61. The molecule has 0 aliphatic carbocycles. The Kier molecular flexibility index (Phi) is 20.2. The van der Waals surface area contributed by atoms with Crippen LogP contribution in [-0.2, 0) is 36.8 Å². The number of likely N-dealkylation sites (N-methyl/N-ethyl adjacent to an activating group) is 3. The van der Waals surface area contributed by atoms with Gasteiger partial charge in [0.2, 0.25) is 29.5 Å². The van der Waals surface area contributed by atoms with Crippen LogP contribution in [0.1, 0.15) is 49.7 Å². The molecule has 12 N–H and O–H groups in total. The van der Waals surface area contributed by atoms with Gasteiger partial charge in [0.05, 0.1) is 12.1 Å². The van der Waals surface area contributed by atoms with Crippen LogP contribution in [0.3, 0.4) is 0 Å². The second-order valence-electron chi connectivity index (χ2n) is 14.3. The molecule has 1 aliphatic heterocycles. The molecule has 2 aromatic carbocycles. The Labute approximate surface area is 336 Å². The number of aromatic hydroxyl groups is 2. The number of carbonyl (C=O) groups is 5. The molecule has 0 aromatic heterocycles. The van der Waals surface area contributed by atoms with Crippen LogP contribution in [0, 0.1) is 0 Å². The van der Waals surface area contributed by atoms with Gasteiger partial charge >= 0.3 is 0 Å². The Morgan fingerprint density at radius 2 is 1.25 bits per heavy atom. The molecule has 1 heterocycles. The molecule has 5 atom stereocenters. The van der Waals surface area contributed by atoms with Gasteiger partial charge < -0.3 is 63.4 Å². The second-order valence-corrected chi connectivity index (χ2v) is 14.3. The molecule has 3 rings (SSSR count). The molecule has 4 bridgehead atoms. The van der Waals surface area contributed by atoms with E-state index >= 15 is 0 Å². The third-order valence-corrected chi connectivity index (χ3v) is 10.1. The summed E-state index contributed by atoms with van der Waals surface area (Å²) in [5.41, 5.74) is 2.27. The quantitative estimate of drug-likeness (QED) is 0.0662. The molecule has 17 nitrogen and oxygen atoms in total. The average Bonchev–Trinajstić information content (AvgIpc) is 3.20. The number of nitrogens with one attached hydrogen (secondary N) is 10. The van der Waals surface area contributed by atoms with Gasteiger partial charge in [-0.15, -0.1) is 0 Å². The van der Waals surface area contributed by atoms with Gasteiger partial charge in [-0.2, -0.15) is 0 Å². The molecule has 5 amide bonds. The molecule has 316 valence electrons. The van der Waals surface area contributed by atoms with E-state index in [0.29, 0.717) is 80.5 Å². The van der Waals surface area contributed by atoms with Crippen LogP contribution in [0.5, 0.6) is 11.5 Å². The SMILES string of the molecule is CNCCC[C@H](NC(=O)[C@@H]1Cc2cc(ccc2O)-c2ccc(O)c(c2)C[C@H](NC)C(=O)N[C@@H](CCCNC)C(=O)N1)C(=O)NCCC[C@H](NC)C(=O)NCCNC. The zero-order chi connectivity index (χ0) is 41.7. The first kappa shape index (κ1) is 46.6. The summed E-state index contributed by atoms with van der Waals surface area (Å²) in [5.74, 6) is -2.34. The number of benzene rings is 2. The van der Waals surface area contributed by atoms with E-state index in [2.05, 4.69) is 53.2 Å². The summed E-state index contributed by atoms with van der Waals surface area (Å²) < 4.78 is 0. The molecule has 0 spiro atoms. The minimum absolute atomic E-state index is 0.00815. The van der Waals surface area contributed by atoms with Crippen LogP contribution in [-0.4, -0.2) is 138 Å². The summed E-state index contributed by atoms with van der Waals surface area (Å²) in [6.45, 7) is 2.56.